The molecule has 2 aromatic carbocycles. The first kappa shape index (κ1) is 16.1. The lowest BCUT2D eigenvalue weighted by Gasteiger charge is -2.24. The van der Waals surface area contributed by atoms with Crippen LogP contribution in [0.1, 0.15) is 25.0 Å². The van der Waals surface area contributed by atoms with Crippen LogP contribution in [0.15, 0.2) is 46.9 Å². The molecule has 0 aliphatic rings. The minimum atomic E-state index is 0.173. The summed E-state index contributed by atoms with van der Waals surface area (Å²) in [6.45, 7) is 7.25. The molecule has 0 aliphatic heterocycles. The Morgan fingerprint density at radius 3 is 2.24 bits per heavy atom. The zero-order valence-corrected chi connectivity index (χ0v) is 14.5. The Morgan fingerprint density at radius 1 is 1.10 bits per heavy atom. The number of nitrogens with zero attached hydrogens (tertiary/aromatic N) is 1. The predicted octanol–water partition coefficient (Wildman–Crippen LogP) is 4.81. The van der Waals surface area contributed by atoms with Crippen molar-refractivity contribution in [2.45, 2.75) is 33.2 Å². The van der Waals surface area contributed by atoms with Gasteiger partial charge in [-0.1, -0.05) is 39.7 Å². The van der Waals surface area contributed by atoms with Crippen LogP contribution in [0.4, 0.5) is 11.4 Å². The summed E-state index contributed by atoms with van der Waals surface area (Å²) < 4.78 is 1.13. The van der Waals surface area contributed by atoms with E-state index in [9.17, 15) is 0 Å². The zero-order chi connectivity index (χ0) is 15.4. The van der Waals surface area contributed by atoms with Gasteiger partial charge < -0.3 is 10.6 Å². The van der Waals surface area contributed by atoms with Crippen molar-refractivity contribution >= 4 is 27.3 Å². The molecule has 1 atom stereocenters. The molecular weight excluding hydrogens is 324 g/mol. The van der Waals surface area contributed by atoms with Crippen LogP contribution >= 0.6 is 15.9 Å². The van der Waals surface area contributed by atoms with Gasteiger partial charge in [-0.2, -0.15) is 0 Å². The molecule has 2 nitrogen and oxygen atoms in total. The molecule has 0 fully saturated rings. The first-order valence-electron chi connectivity index (χ1n) is 7.39. The summed E-state index contributed by atoms with van der Waals surface area (Å²) in [5, 5.41) is 0. The third-order valence-electron chi connectivity index (χ3n) is 3.55. The molecule has 0 bridgehead atoms. The molecule has 112 valence electrons. The maximum Gasteiger partial charge on any atom is 0.0422 e. The van der Waals surface area contributed by atoms with Crippen LogP contribution < -0.4 is 10.6 Å². The van der Waals surface area contributed by atoms with E-state index in [1.807, 2.05) is 6.92 Å². The van der Waals surface area contributed by atoms with Crippen molar-refractivity contribution in [3.8, 4) is 0 Å². The maximum absolute atomic E-state index is 5.89. The number of halogens is 1. The minimum Gasteiger partial charge on any atom is -0.342 e. The number of aryl methyl sites for hydroxylation is 1. The lowest BCUT2D eigenvalue weighted by atomic mass is 10.1. The molecule has 2 N–H and O–H groups in total. The second kappa shape index (κ2) is 7.10. The zero-order valence-electron chi connectivity index (χ0n) is 12.9. The third-order valence-corrected chi connectivity index (χ3v) is 4.29. The molecule has 0 aromatic heterocycles. The first-order chi connectivity index (χ1) is 10.0. The molecule has 0 saturated carbocycles. The fourth-order valence-corrected chi connectivity index (χ4v) is 2.98. The van der Waals surface area contributed by atoms with Crippen molar-refractivity contribution in [1.82, 2.24) is 0 Å². The number of anilines is 2. The maximum atomic E-state index is 5.89. The van der Waals surface area contributed by atoms with Crippen LogP contribution in [0.3, 0.4) is 0 Å². The number of benzene rings is 2. The molecule has 3 heteroatoms. The molecule has 0 amide bonds. The highest BCUT2D eigenvalue weighted by Crippen LogP contribution is 2.30. The molecule has 0 spiro atoms. The first-order valence-corrected chi connectivity index (χ1v) is 8.18. The lowest BCUT2D eigenvalue weighted by molar-refractivity contribution is 0.736. The summed E-state index contributed by atoms with van der Waals surface area (Å²) in [5.74, 6) is 0. The minimum absolute atomic E-state index is 0.173. The van der Waals surface area contributed by atoms with Crippen molar-refractivity contribution in [3.05, 3.63) is 58.1 Å². The summed E-state index contributed by atoms with van der Waals surface area (Å²) in [7, 11) is 0. The highest BCUT2D eigenvalue weighted by atomic mass is 79.9. The van der Waals surface area contributed by atoms with Crippen LogP contribution in [0.5, 0.6) is 0 Å². The Kier molecular flexibility index (Phi) is 5.43. The molecule has 2 aromatic rings. The summed E-state index contributed by atoms with van der Waals surface area (Å²) in [6, 6.07) is 15.3. The van der Waals surface area contributed by atoms with E-state index in [0.717, 1.165) is 17.4 Å². The van der Waals surface area contributed by atoms with Gasteiger partial charge in [0.05, 0.1) is 0 Å². The topological polar surface area (TPSA) is 29.3 Å². The number of hydrogen-bond donors (Lipinski definition) is 1. The number of hydrogen-bond acceptors (Lipinski definition) is 2. The number of nitrogens with two attached hydrogens (primary N) is 1. The van der Waals surface area contributed by atoms with Crippen LogP contribution in [-0.2, 0) is 6.42 Å². The largest absolute Gasteiger partial charge is 0.342 e. The van der Waals surface area contributed by atoms with Gasteiger partial charge in [0.25, 0.3) is 0 Å². The van der Waals surface area contributed by atoms with Crippen molar-refractivity contribution in [1.29, 1.82) is 0 Å². The van der Waals surface area contributed by atoms with Gasteiger partial charge in [-0.25, -0.2) is 0 Å². The molecule has 1 unspecified atom stereocenters. The molecule has 0 heterocycles. The monoisotopic (exact) mass is 346 g/mol. The molecule has 2 rings (SSSR count). The van der Waals surface area contributed by atoms with Gasteiger partial charge >= 0.3 is 0 Å². The standard InChI is InChI=1S/C18H23BrN2/c1-4-21(16-8-5-13(2)6-9-16)17-10-7-15(11-14(3)20)18(19)12-17/h5-10,12,14H,4,11,20H2,1-3H3. The second-order valence-corrected chi connectivity index (χ2v) is 6.39. The highest BCUT2D eigenvalue weighted by molar-refractivity contribution is 9.10. The van der Waals surface area contributed by atoms with Crippen LogP contribution in [0.25, 0.3) is 0 Å². The van der Waals surface area contributed by atoms with E-state index in [1.165, 1.54) is 22.5 Å². The average molecular weight is 347 g/mol. The van der Waals surface area contributed by atoms with E-state index in [2.05, 4.69) is 77.1 Å². The highest BCUT2D eigenvalue weighted by Gasteiger charge is 2.10. The Bertz CT molecular complexity index is 591. The Labute approximate surface area is 136 Å². The molecule has 0 saturated heterocycles. The van der Waals surface area contributed by atoms with E-state index in [-0.39, 0.29) is 6.04 Å². The summed E-state index contributed by atoms with van der Waals surface area (Å²) in [5.41, 5.74) is 10.8. The Morgan fingerprint density at radius 2 is 1.71 bits per heavy atom. The van der Waals surface area contributed by atoms with Gasteiger partial charge in [0.1, 0.15) is 0 Å². The van der Waals surface area contributed by atoms with E-state index in [4.69, 9.17) is 5.73 Å². The lowest BCUT2D eigenvalue weighted by Crippen LogP contribution is -2.19. The van der Waals surface area contributed by atoms with Crippen molar-refractivity contribution < 1.29 is 0 Å². The summed E-state index contributed by atoms with van der Waals surface area (Å²) in [6.07, 6.45) is 0.886. The van der Waals surface area contributed by atoms with Gasteiger partial charge in [0.2, 0.25) is 0 Å². The van der Waals surface area contributed by atoms with Crippen LogP contribution in [-0.4, -0.2) is 12.6 Å². The van der Waals surface area contributed by atoms with E-state index >= 15 is 0 Å². The van der Waals surface area contributed by atoms with Gasteiger partial charge in [-0.05, 0) is 57.0 Å². The number of rotatable bonds is 5. The summed E-state index contributed by atoms with van der Waals surface area (Å²) in [4.78, 5) is 2.31. The van der Waals surface area contributed by atoms with Crippen LogP contribution in [0.2, 0.25) is 0 Å². The van der Waals surface area contributed by atoms with Gasteiger partial charge in [-0.15, -0.1) is 0 Å². The fraction of sp³-hybridized carbons (Fsp3) is 0.333. The van der Waals surface area contributed by atoms with Crippen LogP contribution in [0, 0.1) is 6.92 Å². The normalized spacial score (nSPS) is 12.2. The second-order valence-electron chi connectivity index (χ2n) is 5.54. The Balaban J connectivity index is 2.30. The SMILES string of the molecule is CCN(c1ccc(C)cc1)c1ccc(CC(C)N)c(Br)c1. The average Bonchev–Trinajstić information content (AvgIpc) is 2.44. The Hall–Kier alpha value is -1.32. The van der Waals surface area contributed by atoms with E-state index in [1.54, 1.807) is 0 Å². The quantitative estimate of drug-likeness (QED) is 0.841. The van der Waals surface area contributed by atoms with Crippen molar-refractivity contribution in [2.24, 2.45) is 5.73 Å². The van der Waals surface area contributed by atoms with Gasteiger partial charge in [0.15, 0.2) is 0 Å². The fourth-order valence-electron chi connectivity index (χ4n) is 2.46. The van der Waals surface area contributed by atoms with E-state index < -0.39 is 0 Å². The molecule has 21 heavy (non-hydrogen) atoms. The molecule has 0 radical (unpaired) electrons. The van der Waals surface area contributed by atoms with Gasteiger partial charge in [-0.3, -0.25) is 0 Å². The third kappa shape index (κ3) is 4.08. The van der Waals surface area contributed by atoms with Crippen molar-refractivity contribution in [2.75, 3.05) is 11.4 Å². The molecular formula is C18H23BrN2. The van der Waals surface area contributed by atoms with E-state index in [0.29, 0.717) is 0 Å². The predicted molar refractivity (Wildman–Crippen MR) is 95.4 cm³/mol. The smallest absolute Gasteiger partial charge is 0.0422 e. The van der Waals surface area contributed by atoms with Gasteiger partial charge in [0, 0.05) is 28.4 Å². The molecule has 0 aliphatic carbocycles. The van der Waals surface area contributed by atoms with Crippen molar-refractivity contribution in [3.63, 3.8) is 0 Å². The summed E-state index contributed by atoms with van der Waals surface area (Å²) >= 11 is 3.68.